The molecule has 7 nitrogen and oxygen atoms in total. The molecule has 0 bridgehead atoms. The Labute approximate surface area is 146 Å². The van der Waals surface area contributed by atoms with E-state index in [4.69, 9.17) is 21.5 Å². The zero-order valence-corrected chi connectivity index (χ0v) is 15.2. The maximum absolute atomic E-state index is 12.6. The van der Waals surface area contributed by atoms with E-state index in [0.717, 1.165) is 16.2 Å². The second-order valence-electron chi connectivity index (χ2n) is 6.52. The summed E-state index contributed by atoms with van der Waals surface area (Å²) < 4.78 is 10.3. The summed E-state index contributed by atoms with van der Waals surface area (Å²) in [6, 6.07) is -0.786. The number of carbonyl (C=O) groups is 2. The molecule has 0 fully saturated rings. The van der Waals surface area contributed by atoms with Crippen LogP contribution >= 0.6 is 12.2 Å². The van der Waals surface area contributed by atoms with Gasteiger partial charge in [-0.15, -0.1) is 0 Å². The molecule has 2 amide bonds. The number of carbonyl (C=O) groups excluding carboxylic acids is 2. The maximum atomic E-state index is 12.6. The molecule has 24 heavy (non-hydrogen) atoms. The van der Waals surface area contributed by atoms with Crippen LogP contribution in [0.2, 0.25) is 0 Å². The molecule has 2 rings (SSSR count). The highest BCUT2D eigenvalue weighted by Crippen LogP contribution is 2.16. The third-order valence-corrected chi connectivity index (χ3v) is 3.78. The van der Waals surface area contributed by atoms with Crippen LogP contribution in [0.15, 0.2) is 16.8 Å². The Morgan fingerprint density at radius 2 is 2.12 bits per heavy atom. The fourth-order valence-electron chi connectivity index (χ4n) is 2.19. The van der Waals surface area contributed by atoms with E-state index in [2.05, 4.69) is 10.5 Å². The van der Waals surface area contributed by atoms with Crippen LogP contribution in [-0.2, 0) is 16.1 Å². The Kier molecular flexibility index (Phi) is 5.19. The standard InChI is InChI=1S/C16H21N3O4S/c1-9-11(10(2)23-18-9)8-17-13-12(24)6-7-19(14(13)20)15(21)22-16(3,4)5/h6-7,13,17H,8H2,1-5H3. The van der Waals surface area contributed by atoms with E-state index >= 15 is 0 Å². The van der Waals surface area contributed by atoms with Crippen LogP contribution in [0.25, 0.3) is 0 Å². The van der Waals surface area contributed by atoms with Crippen LogP contribution < -0.4 is 5.32 Å². The molecule has 1 aliphatic heterocycles. The van der Waals surface area contributed by atoms with Crippen molar-refractivity contribution in [3.8, 4) is 0 Å². The van der Waals surface area contributed by atoms with E-state index in [1.807, 2.05) is 6.92 Å². The van der Waals surface area contributed by atoms with Gasteiger partial charge >= 0.3 is 6.09 Å². The molecule has 0 aliphatic carbocycles. The predicted molar refractivity (Wildman–Crippen MR) is 91.4 cm³/mol. The number of aromatic nitrogens is 1. The largest absolute Gasteiger partial charge is 0.443 e. The first kappa shape index (κ1) is 18.3. The average Bonchev–Trinajstić information content (AvgIpc) is 2.76. The van der Waals surface area contributed by atoms with Crippen LogP contribution in [0.4, 0.5) is 4.79 Å². The van der Waals surface area contributed by atoms with Crippen LogP contribution in [0.1, 0.15) is 37.8 Å². The highest BCUT2D eigenvalue weighted by atomic mass is 32.1. The molecular weight excluding hydrogens is 330 g/mol. The van der Waals surface area contributed by atoms with Crippen molar-refractivity contribution in [3.05, 3.63) is 29.3 Å². The minimum Gasteiger partial charge on any atom is -0.443 e. The number of amides is 2. The smallest absolute Gasteiger partial charge is 0.421 e. The summed E-state index contributed by atoms with van der Waals surface area (Å²) in [5.74, 6) is 0.206. The van der Waals surface area contributed by atoms with Crippen LogP contribution in [0.5, 0.6) is 0 Å². The fraction of sp³-hybridized carbons (Fsp3) is 0.500. The second-order valence-corrected chi connectivity index (χ2v) is 6.99. The summed E-state index contributed by atoms with van der Waals surface area (Å²) >= 11 is 5.23. The molecule has 130 valence electrons. The Bertz CT molecular complexity index is 683. The number of ether oxygens (including phenoxy) is 1. The van der Waals surface area contributed by atoms with Crippen molar-refractivity contribution in [1.82, 2.24) is 15.4 Å². The molecule has 1 aromatic rings. The SMILES string of the molecule is Cc1noc(C)c1CNC1C(=O)N(C(=O)OC(C)(C)C)C=CC1=S. The number of imide groups is 1. The molecule has 2 heterocycles. The van der Waals surface area contributed by atoms with Gasteiger partial charge in [-0.1, -0.05) is 17.4 Å². The van der Waals surface area contributed by atoms with Gasteiger partial charge in [-0.3, -0.25) is 10.1 Å². The molecule has 0 saturated carbocycles. The average molecular weight is 351 g/mol. The lowest BCUT2D eigenvalue weighted by Gasteiger charge is -2.29. The van der Waals surface area contributed by atoms with E-state index in [9.17, 15) is 9.59 Å². The van der Waals surface area contributed by atoms with Crippen molar-refractivity contribution >= 4 is 29.1 Å². The molecule has 0 saturated heterocycles. The van der Waals surface area contributed by atoms with Gasteiger partial charge in [-0.2, -0.15) is 0 Å². The monoisotopic (exact) mass is 351 g/mol. The van der Waals surface area contributed by atoms with Crippen molar-refractivity contribution in [3.63, 3.8) is 0 Å². The van der Waals surface area contributed by atoms with Gasteiger partial charge in [0.1, 0.15) is 17.4 Å². The Balaban J connectivity index is 2.11. The van der Waals surface area contributed by atoms with E-state index in [1.54, 1.807) is 33.8 Å². The van der Waals surface area contributed by atoms with E-state index in [1.165, 1.54) is 6.20 Å². The van der Waals surface area contributed by atoms with E-state index in [0.29, 0.717) is 17.2 Å². The Hall–Kier alpha value is -2.06. The number of hydrogen-bond donors (Lipinski definition) is 1. The van der Waals surface area contributed by atoms with Crippen LogP contribution in [0, 0.1) is 13.8 Å². The third kappa shape index (κ3) is 4.07. The fourth-order valence-corrected chi connectivity index (χ4v) is 2.43. The molecule has 1 N–H and O–H groups in total. The summed E-state index contributed by atoms with van der Waals surface area (Å²) in [4.78, 5) is 26.1. The van der Waals surface area contributed by atoms with Crippen molar-refractivity contribution < 1.29 is 18.8 Å². The first-order chi connectivity index (χ1) is 11.1. The Morgan fingerprint density at radius 1 is 1.46 bits per heavy atom. The van der Waals surface area contributed by atoms with Gasteiger partial charge in [-0.05, 0) is 40.7 Å². The van der Waals surface area contributed by atoms with Crippen molar-refractivity contribution in [2.75, 3.05) is 0 Å². The van der Waals surface area contributed by atoms with Crippen molar-refractivity contribution in [2.24, 2.45) is 0 Å². The van der Waals surface area contributed by atoms with Gasteiger partial charge < -0.3 is 9.26 Å². The molecule has 1 atom stereocenters. The van der Waals surface area contributed by atoms with Gasteiger partial charge in [0.15, 0.2) is 0 Å². The molecule has 8 heteroatoms. The van der Waals surface area contributed by atoms with E-state index < -0.39 is 23.6 Å². The molecular formula is C16H21N3O4S. The molecule has 0 aromatic carbocycles. The lowest BCUT2D eigenvalue weighted by atomic mass is 10.1. The molecule has 1 aromatic heterocycles. The second kappa shape index (κ2) is 6.82. The van der Waals surface area contributed by atoms with Gasteiger partial charge in [0, 0.05) is 23.2 Å². The zero-order valence-electron chi connectivity index (χ0n) is 14.4. The van der Waals surface area contributed by atoms with Crippen LogP contribution in [0.3, 0.4) is 0 Å². The summed E-state index contributed by atoms with van der Waals surface area (Å²) in [6.45, 7) is 9.18. The highest BCUT2D eigenvalue weighted by molar-refractivity contribution is 7.81. The maximum Gasteiger partial charge on any atom is 0.421 e. The molecule has 1 aliphatic rings. The van der Waals surface area contributed by atoms with Crippen molar-refractivity contribution in [1.29, 1.82) is 0 Å². The van der Waals surface area contributed by atoms with Gasteiger partial charge in [0.25, 0.3) is 5.91 Å². The first-order valence-electron chi connectivity index (χ1n) is 7.53. The number of nitrogens with zero attached hydrogens (tertiary/aromatic N) is 2. The number of nitrogens with one attached hydrogen (secondary N) is 1. The topological polar surface area (TPSA) is 84.7 Å². The van der Waals surface area contributed by atoms with Gasteiger partial charge in [-0.25, -0.2) is 9.69 Å². The number of rotatable bonds is 3. The number of aryl methyl sites for hydroxylation is 2. The summed E-state index contributed by atoms with van der Waals surface area (Å²) in [6.07, 6.45) is 2.16. The summed E-state index contributed by atoms with van der Waals surface area (Å²) in [5, 5.41) is 6.93. The lowest BCUT2D eigenvalue weighted by Crippen LogP contribution is -2.53. The van der Waals surface area contributed by atoms with Crippen LogP contribution in [-0.4, -0.2) is 38.6 Å². The minimum absolute atomic E-state index is 0.355. The summed E-state index contributed by atoms with van der Waals surface area (Å²) in [7, 11) is 0. The van der Waals surface area contributed by atoms with E-state index in [-0.39, 0.29) is 0 Å². The molecule has 1 unspecified atom stereocenters. The quantitative estimate of drug-likeness (QED) is 0.837. The van der Waals surface area contributed by atoms with Crippen molar-refractivity contribution in [2.45, 2.75) is 52.8 Å². The first-order valence-corrected chi connectivity index (χ1v) is 7.94. The zero-order chi connectivity index (χ0) is 18.1. The third-order valence-electron chi connectivity index (χ3n) is 3.41. The molecule has 0 spiro atoms. The summed E-state index contributed by atoms with van der Waals surface area (Å²) in [5.41, 5.74) is 0.917. The Morgan fingerprint density at radius 3 is 2.67 bits per heavy atom. The van der Waals surface area contributed by atoms with Gasteiger partial charge in [0.05, 0.1) is 5.69 Å². The normalized spacial score (nSPS) is 18.2. The predicted octanol–water partition coefficient (Wildman–Crippen LogP) is 2.41. The van der Waals surface area contributed by atoms with Gasteiger partial charge in [0.2, 0.25) is 0 Å². The minimum atomic E-state index is -0.786. The molecule has 0 radical (unpaired) electrons. The number of thiocarbonyl (C=S) groups is 1. The highest BCUT2D eigenvalue weighted by Gasteiger charge is 2.35. The lowest BCUT2D eigenvalue weighted by molar-refractivity contribution is -0.128. The number of hydrogen-bond acceptors (Lipinski definition) is 7.